The van der Waals surface area contributed by atoms with Gasteiger partial charge in [0.2, 0.25) is 0 Å². The van der Waals surface area contributed by atoms with E-state index in [9.17, 15) is 22.0 Å². The molecule has 150 valence electrons. The van der Waals surface area contributed by atoms with E-state index in [0.29, 0.717) is 18.5 Å². The van der Waals surface area contributed by atoms with Crippen LogP contribution in [0.1, 0.15) is 21.5 Å². The highest BCUT2D eigenvalue weighted by atomic mass is 32.2. The van der Waals surface area contributed by atoms with E-state index in [4.69, 9.17) is 0 Å². The predicted molar refractivity (Wildman–Crippen MR) is 104 cm³/mol. The molecular formula is C19H15F2N3O3S2. The fourth-order valence-corrected chi connectivity index (χ4v) is 4.99. The molecule has 0 unspecified atom stereocenters. The fraction of sp³-hybridized carbons (Fsp3) is 0.158. The van der Waals surface area contributed by atoms with E-state index in [1.807, 2.05) is 0 Å². The molecule has 3 aromatic rings. The molecule has 1 aliphatic heterocycles. The minimum Gasteiger partial charge on any atom is -0.334 e. The number of carbonyl (C=O) groups is 1. The van der Waals surface area contributed by atoms with Crippen LogP contribution in [0.15, 0.2) is 52.9 Å². The zero-order valence-electron chi connectivity index (χ0n) is 14.9. The molecule has 0 spiro atoms. The van der Waals surface area contributed by atoms with Crippen molar-refractivity contribution >= 4 is 32.4 Å². The Morgan fingerprint density at radius 1 is 1.14 bits per heavy atom. The van der Waals surface area contributed by atoms with Crippen LogP contribution in [-0.4, -0.2) is 30.8 Å². The van der Waals surface area contributed by atoms with E-state index in [0.717, 1.165) is 35.1 Å². The van der Waals surface area contributed by atoms with Crippen LogP contribution in [0.5, 0.6) is 0 Å². The molecule has 2 aromatic carbocycles. The maximum absolute atomic E-state index is 14.0. The lowest BCUT2D eigenvalue weighted by Gasteiger charge is -2.29. The lowest BCUT2D eigenvalue weighted by Crippen LogP contribution is -2.36. The van der Waals surface area contributed by atoms with Gasteiger partial charge in [-0.25, -0.2) is 22.2 Å². The monoisotopic (exact) mass is 435 g/mol. The molecule has 0 fully saturated rings. The van der Waals surface area contributed by atoms with E-state index >= 15 is 0 Å². The Morgan fingerprint density at radius 3 is 2.72 bits per heavy atom. The van der Waals surface area contributed by atoms with Crippen LogP contribution in [0, 0.1) is 11.6 Å². The number of nitrogens with zero attached hydrogens (tertiary/aromatic N) is 2. The third-order valence-corrected chi connectivity index (χ3v) is 6.75. The Labute approximate surface area is 169 Å². The normalized spacial score (nSPS) is 13.8. The summed E-state index contributed by atoms with van der Waals surface area (Å²) in [5.41, 5.74) is 1.20. The number of fused-ring (bicyclic) bond motifs is 1. The lowest BCUT2D eigenvalue weighted by molar-refractivity contribution is 0.0729. The zero-order valence-corrected chi connectivity index (χ0v) is 16.6. The first-order valence-corrected chi connectivity index (χ1v) is 11.0. The van der Waals surface area contributed by atoms with Crippen LogP contribution >= 0.6 is 11.3 Å². The topological polar surface area (TPSA) is 79.4 Å². The van der Waals surface area contributed by atoms with Crippen molar-refractivity contribution in [2.45, 2.75) is 17.9 Å². The first-order valence-electron chi connectivity index (χ1n) is 8.62. The minimum atomic E-state index is -3.83. The Bertz CT molecular complexity index is 1180. The van der Waals surface area contributed by atoms with E-state index in [1.54, 1.807) is 11.4 Å². The molecule has 2 heterocycles. The van der Waals surface area contributed by atoms with Crippen molar-refractivity contribution in [1.29, 1.82) is 0 Å². The van der Waals surface area contributed by atoms with E-state index < -0.39 is 27.6 Å². The number of carbonyl (C=O) groups excluding carboxylic acids is 1. The Balaban J connectivity index is 1.60. The molecule has 10 heteroatoms. The van der Waals surface area contributed by atoms with Crippen molar-refractivity contribution in [3.05, 3.63) is 76.3 Å². The highest BCUT2D eigenvalue weighted by Gasteiger charge is 2.26. The predicted octanol–water partition coefficient (Wildman–Crippen LogP) is 3.42. The standard InChI is InChI=1S/C19H15F2N3O3S2/c20-14-2-4-17(21)16(10-14)18(25)24-7-5-12-1-3-15(9-13(12)11-24)29(26,27)23-19-22-6-8-28-19/h1-4,6,8-10H,5,7,11H2,(H,22,23). The van der Waals surface area contributed by atoms with Crippen LogP contribution in [0.3, 0.4) is 0 Å². The molecular weight excluding hydrogens is 420 g/mol. The summed E-state index contributed by atoms with van der Waals surface area (Å²) in [6, 6.07) is 7.42. The average molecular weight is 435 g/mol. The van der Waals surface area contributed by atoms with Gasteiger partial charge in [-0.05, 0) is 47.9 Å². The van der Waals surface area contributed by atoms with E-state index in [1.165, 1.54) is 23.2 Å². The molecule has 6 nitrogen and oxygen atoms in total. The highest BCUT2D eigenvalue weighted by Crippen LogP contribution is 2.26. The van der Waals surface area contributed by atoms with Gasteiger partial charge in [0.05, 0.1) is 10.5 Å². The van der Waals surface area contributed by atoms with Gasteiger partial charge in [-0.1, -0.05) is 6.07 Å². The number of halogens is 2. The van der Waals surface area contributed by atoms with Gasteiger partial charge in [0.15, 0.2) is 5.13 Å². The van der Waals surface area contributed by atoms with E-state index in [2.05, 4.69) is 9.71 Å². The van der Waals surface area contributed by atoms with E-state index in [-0.39, 0.29) is 22.1 Å². The molecule has 1 N–H and O–H groups in total. The zero-order chi connectivity index (χ0) is 20.6. The van der Waals surface area contributed by atoms with Crippen LogP contribution in [0.25, 0.3) is 0 Å². The summed E-state index contributed by atoms with van der Waals surface area (Å²) in [4.78, 5) is 18.0. The summed E-state index contributed by atoms with van der Waals surface area (Å²) >= 11 is 1.16. The second kappa shape index (κ2) is 7.53. The summed E-state index contributed by atoms with van der Waals surface area (Å²) in [6.45, 7) is 0.427. The first-order chi connectivity index (χ1) is 13.8. The van der Waals surface area contributed by atoms with Gasteiger partial charge in [0, 0.05) is 24.7 Å². The Hall–Kier alpha value is -2.85. The molecule has 0 bridgehead atoms. The van der Waals surface area contributed by atoms with Gasteiger partial charge in [-0.3, -0.25) is 9.52 Å². The molecule has 0 atom stereocenters. The van der Waals surface area contributed by atoms with Gasteiger partial charge in [0.25, 0.3) is 15.9 Å². The number of amides is 1. The molecule has 4 rings (SSSR count). The molecule has 0 aliphatic carbocycles. The number of aromatic nitrogens is 1. The van der Waals surface area contributed by atoms with Crippen molar-refractivity contribution in [3.8, 4) is 0 Å². The van der Waals surface area contributed by atoms with Crippen molar-refractivity contribution in [3.63, 3.8) is 0 Å². The number of anilines is 1. The summed E-state index contributed by atoms with van der Waals surface area (Å²) in [7, 11) is -3.83. The molecule has 29 heavy (non-hydrogen) atoms. The van der Waals surface area contributed by atoms with Crippen LogP contribution in [0.4, 0.5) is 13.9 Å². The summed E-state index contributed by atoms with van der Waals surface area (Å²) in [6.07, 6.45) is 1.97. The van der Waals surface area contributed by atoms with Crippen LogP contribution in [0.2, 0.25) is 0 Å². The van der Waals surface area contributed by atoms with Gasteiger partial charge in [-0.2, -0.15) is 0 Å². The number of nitrogens with one attached hydrogen (secondary N) is 1. The number of rotatable bonds is 4. The molecule has 0 saturated carbocycles. The fourth-order valence-electron chi connectivity index (χ4n) is 3.15. The average Bonchev–Trinajstić information content (AvgIpc) is 3.20. The van der Waals surface area contributed by atoms with Gasteiger partial charge >= 0.3 is 0 Å². The number of benzene rings is 2. The molecule has 1 amide bonds. The Kier molecular flexibility index (Phi) is 5.05. The second-order valence-electron chi connectivity index (χ2n) is 6.47. The van der Waals surface area contributed by atoms with Crippen molar-refractivity contribution < 1.29 is 22.0 Å². The van der Waals surface area contributed by atoms with Crippen LogP contribution in [-0.2, 0) is 23.0 Å². The Morgan fingerprint density at radius 2 is 1.97 bits per heavy atom. The number of hydrogen-bond donors (Lipinski definition) is 1. The molecule has 1 aromatic heterocycles. The SMILES string of the molecule is O=C(c1cc(F)ccc1F)N1CCc2ccc(S(=O)(=O)Nc3nccs3)cc2C1. The molecule has 1 aliphatic rings. The number of hydrogen-bond acceptors (Lipinski definition) is 5. The third kappa shape index (κ3) is 3.99. The maximum atomic E-state index is 14.0. The quantitative estimate of drug-likeness (QED) is 0.681. The minimum absolute atomic E-state index is 0.0395. The van der Waals surface area contributed by atoms with Gasteiger partial charge in [0.1, 0.15) is 11.6 Å². The lowest BCUT2D eigenvalue weighted by atomic mass is 9.99. The summed E-state index contributed by atoms with van der Waals surface area (Å²) in [5, 5.41) is 1.90. The maximum Gasteiger partial charge on any atom is 0.263 e. The van der Waals surface area contributed by atoms with Crippen molar-refractivity contribution in [2.75, 3.05) is 11.3 Å². The number of sulfonamides is 1. The second-order valence-corrected chi connectivity index (χ2v) is 9.05. The molecule has 0 saturated heterocycles. The molecule has 0 radical (unpaired) electrons. The summed E-state index contributed by atoms with van der Waals surface area (Å²) in [5.74, 6) is -2.14. The highest BCUT2D eigenvalue weighted by molar-refractivity contribution is 7.93. The largest absolute Gasteiger partial charge is 0.334 e. The van der Waals surface area contributed by atoms with Gasteiger partial charge in [-0.15, -0.1) is 11.3 Å². The first kappa shape index (κ1) is 19.5. The van der Waals surface area contributed by atoms with Crippen molar-refractivity contribution in [2.24, 2.45) is 0 Å². The third-order valence-electron chi connectivity index (χ3n) is 4.60. The van der Waals surface area contributed by atoms with Crippen LogP contribution < -0.4 is 4.72 Å². The smallest absolute Gasteiger partial charge is 0.263 e. The van der Waals surface area contributed by atoms with Gasteiger partial charge < -0.3 is 4.90 Å². The van der Waals surface area contributed by atoms with Crippen molar-refractivity contribution in [1.82, 2.24) is 9.88 Å². The number of thiazole rings is 1. The summed E-state index contributed by atoms with van der Waals surface area (Å²) < 4.78 is 55.0.